The molecule has 3 rings (SSSR count). The molecule has 2 atom stereocenters. The number of hydrogen-bond donors (Lipinski definition) is 1. The summed E-state index contributed by atoms with van der Waals surface area (Å²) in [5.41, 5.74) is 0.677. The van der Waals surface area contributed by atoms with E-state index in [4.69, 9.17) is 14.6 Å². The summed E-state index contributed by atoms with van der Waals surface area (Å²) in [7, 11) is 1.50. The maximum absolute atomic E-state index is 11.9. The van der Waals surface area contributed by atoms with Gasteiger partial charge in [0, 0.05) is 46.8 Å². The van der Waals surface area contributed by atoms with Gasteiger partial charge in [0.25, 0.3) is 0 Å². The predicted octanol–water partition coefficient (Wildman–Crippen LogP) is 2.09. The van der Waals surface area contributed by atoms with E-state index in [2.05, 4.69) is 19.2 Å². The first-order valence-corrected chi connectivity index (χ1v) is 12.7. The smallest absolute Gasteiger partial charge is 0.303 e. The number of hydrogen-bond acceptors (Lipinski definition) is 8. The molecule has 11 heteroatoms. The molecule has 0 saturated carbocycles. The van der Waals surface area contributed by atoms with Crippen LogP contribution in [0.25, 0.3) is 0 Å². The molecule has 1 aliphatic rings. The van der Waals surface area contributed by atoms with E-state index in [1.165, 1.54) is 6.33 Å². The molecule has 0 bridgehead atoms. The normalized spacial score (nSPS) is 15.7. The van der Waals surface area contributed by atoms with Gasteiger partial charge < -0.3 is 14.6 Å². The number of carbonyl (C=O) groups is 2. The molecule has 2 aromatic rings. The monoisotopic (exact) mass is 493 g/mol. The van der Waals surface area contributed by atoms with Crippen molar-refractivity contribution in [2.75, 3.05) is 25.9 Å². The lowest BCUT2D eigenvalue weighted by Crippen LogP contribution is -2.41. The largest absolute Gasteiger partial charge is 0.481 e. The first-order valence-electron chi connectivity index (χ1n) is 10.6. The Morgan fingerprint density at radius 3 is 2.55 bits per heavy atom. The highest BCUT2D eigenvalue weighted by Gasteiger charge is 2.24. The Morgan fingerprint density at radius 1 is 1.21 bits per heavy atom. The second kappa shape index (κ2) is 11.6. The first-order chi connectivity index (χ1) is 15.7. The maximum atomic E-state index is 11.9. The lowest BCUT2D eigenvalue weighted by molar-refractivity contribution is -0.138. The molecular weight excluding hydrogens is 465 g/mol. The number of rotatable bonds is 10. The van der Waals surface area contributed by atoms with Gasteiger partial charge in [-0.05, 0) is 38.0 Å². The molecule has 178 valence electrons. The maximum Gasteiger partial charge on any atom is 0.303 e. The topological polar surface area (TPSA) is 119 Å². The lowest BCUT2D eigenvalue weighted by Gasteiger charge is -2.31. The van der Waals surface area contributed by atoms with Gasteiger partial charge in [0.15, 0.2) is 0 Å². The van der Waals surface area contributed by atoms with Crippen LogP contribution in [0.4, 0.5) is 0 Å². The molecule has 0 amide bonds. The average molecular weight is 494 g/mol. The standard InChI is InChI=1S/C22H28N3O6PS/c1-14-21(30-16-7-9-25(10-8-16)12-15(26)3-6-20(27)28)23-13-24-22(14)31-18-5-4-17(33(2)29)11-19(18)32/h4-5,11,13,16H,3,6-10,12,32H2,1-2H3,(H,27,28). The number of carbonyl (C=O) groups excluding carboxylic acids is 1. The number of nitrogens with zero attached hydrogens (tertiary/aromatic N) is 3. The Hall–Kier alpha value is -2.42. The molecule has 9 nitrogen and oxygen atoms in total. The zero-order chi connectivity index (χ0) is 24.0. The van der Waals surface area contributed by atoms with E-state index in [1.54, 1.807) is 24.5 Å². The van der Waals surface area contributed by atoms with E-state index in [-0.39, 0.29) is 31.3 Å². The van der Waals surface area contributed by atoms with E-state index in [0.29, 0.717) is 41.1 Å². The van der Waals surface area contributed by atoms with Crippen molar-refractivity contribution in [2.45, 2.75) is 43.6 Å². The highest BCUT2D eigenvalue weighted by Crippen LogP contribution is 2.29. The van der Waals surface area contributed by atoms with Crippen LogP contribution in [0, 0.1) is 6.92 Å². The summed E-state index contributed by atoms with van der Waals surface area (Å²) < 4.78 is 23.7. The summed E-state index contributed by atoms with van der Waals surface area (Å²) in [5.74, 6) is 0.408. The van der Waals surface area contributed by atoms with Crippen molar-refractivity contribution in [3.63, 3.8) is 0 Å². The van der Waals surface area contributed by atoms with Gasteiger partial charge in [-0.1, -0.05) is 0 Å². The SMILES string of the molecule is Cc1c(Oc2ccc(S(C)=O)cc2P)ncnc1OC1CCN(CC(=O)CCC(=O)O)CC1. The quantitative estimate of drug-likeness (QED) is 0.496. The van der Waals surface area contributed by atoms with Gasteiger partial charge >= 0.3 is 5.97 Å². The minimum atomic E-state index is -1.08. The van der Waals surface area contributed by atoms with Crippen molar-refractivity contribution in [1.29, 1.82) is 0 Å². The molecule has 2 unspecified atom stereocenters. The van der Waals surface area contributed by atoms with E-state index >= 15 is 0 Å². The highest BCUT2D eigenvalue weighted by molar-refractivity contribution is 7.84. The fourth-order valence-corrected chi connectivity index (χ4v) is 4.47. The second-order valence-corrected chi connectivity index (χ2v) is 9.89. The van der Waals surface area contributed by atoms with Gasteiger partial charge in [0.2, 0.25) is 11.8 Å². The van der Waals surface area contributed by atoms with Crippen LogP contribution in [0.1, 0.15) is 31.2 Å². The molecule has 0 spiro atoms. The summed E-state index contributed by atoms with van der Waals surface area (Å²) >= 11 is 0. The molecule has 0 radical (unpaired) electrons. The molecular formula is C22H28N3O6PS. The third-order valence-corrected chi connectivity index (χ3v) is 6.71. The van der Waals surface area contributed by atoms with Crippen LogP contribution in [0.3, 0.4) is 0 Å². The van der Waals surface area contributed by atoms with Crippen LogP contribution in [0.15, 0.2) is 29.4 Å². The van der Waals surface area contributed by atoms with Crippen molar-refractivity contribution in [1.82, 2.24) is 14.9 Å². The summed E-state index contributed by atoms with van der Waals surface area (Å²) in [6, 6.07) is 5.31. The number of aliphatic carboxylic acids is 1. The average Bonchev–Trinajstić information content (AvgIpc) is 2.77. The van der Waals surface area contributed by atoms with Crippen molar-refractivity contribution >= 4 is 37.1 Å². The van der Waals surface area contributed by atoms with Crippen molar-refractivity contribution < 1.29 is 28.4 Å². The summed E-state index contributed by atoms with van der Waals surface area (Å²) in [6.07, 6.45) is 4.37. The molecule has 1 aliphatic heterocycles. The molecule has 33 heavy (non-hydrogen) atoms. The van der Waals surface area contributed by atoms with E-state index < -0.39 is 16.8 Å². The minimum absolute atomic E-state index is 0.0482. The van der Waals surface area contributed by atoms with Gasteiger partial charge in [-0.15, -0.1) is 9.24 Å². The van der Waals surface area contributed by atoms with Gasteiger partial charge in [-0.25, -0.2) is 9.97 Å². The Balaban J connectivity index is 1.57. The number of ether oxygens (including phenoxy) is 2. The molecule has 2 heterocycles. The Labute approximate surface area is 197 Å². The lowest BCUT2D eigenvalue weighted by atomic mass is 10.1. The number of benzene rings is 1. The van der Waals surface area contributed by atoms with Gasteiger partial charge in [-0.2, -0.15) is 0 Å². The fourth-order valence-electron chi connectivity index (χ4n) is 3.46. The zero-order valence-electron chi connectivity index (χ0n) is 18.7. The number of carboxylic acid groups (broad SMARTS) is 1. The Morgan fingerprint density at radius 2 is 1.91 bits per heavy atom. The Bertz CT molecular complexity index is 1040. The molecule has 1 aromatic carbocycles. The molecule has 1 saturated heterocycles. The van der Waals surface area contributed by atoms with Gasteiger partial charge in [-0.3, -0.25) is 18.7 Å². The van der Waals surface area contributed by atoms with Crippen LogP contribution in [0.2, 0.25) is 0 Å². The van der Waals surface area contributed by atoms with Crippen LogP contribution in [-0.4, -0.2) is 67.9 Å². The Kier molecular flexibility index (Phi) is 8.88. The molecule has 1 fully saturated rings. The predicted molar refractivity (Wildman–Crippen MR) is 127 cm³/mol. The number of carboxylic acids is 1. The van der Waals surface area contributed by atoms with E-state index in [9.17, 15) is 13.8 Å². The second-order valence-electron chi connectivity index (χ2n) is 7.89. The van der Waals surface area contributed by atoms with Crippen molar-refractivity contribution in [3.05, 3.63) is 30.1 Å². The number of piperidine rings is 1. The molecule has 1 N–H and O–H groups in total. The van der Waals surface area contributed by atoms with E-state index in [1.807, 2.05) is 11.8 Å². The van der Waals surface area contributed by atoms with Gasteiger partial charge in [0.05, 0.1) is 18.5 Å². The van der Waals surface area contributed by atoms with E-state index in [0.717, 1.165) is 18.1 Å². The number of ketones is 1. The fraction of sp³-hybridized carbons (Fsp3) is 0.455. The van der Waals surface area contributed by atoms with Crippen LogP contribution >= 0.6 is 9.24 Å². The van der Waals surface area contributed by atoms with Gasteiger partial charge in [0.1, 0.15) is 24.0 Å². The number of Topliss-reactive ketones (excluding diaryl/α,β-unsaturated/α-hetero) is 1. The van der Waals surface area contributed by atoms with Crippen LogP contribution in [0.5, 0.6) is 17.5 Å². The number of likely N-dealkylation sites (tertiary alicyclic amines) is 1. The van der Waals surface area contributed by atoms with Crippen molar-refractivity contribution in [2.24, 2.45) is 0 Å². The third kappa shape index (κ3) is 7.28. The third-order valence-electron chi connectivity index (χ3n) is 5.34. The molecule has 1 aromatic heterocycles. The minimum Gasteiger partial charge on any atom is -0.481 e. The van der Waals surface area contributed by atoms with Crippen LogP contribution < -0.4 is 14.8 Å². The summed E-state index contributed by atoms with van der Waals surface area (Å²) in [4.78, 5) is 33.8. The first kappa shape index (κ1) is 25.2. The summed E-state index contributed by atoms with van der Waals surface area (Å²) in [6.45, 7) is 3.49. The molecule has 0 aliphatic carbocycles. The van der Waals surface area contributed by atoms with Crippen LogP contribution in [-0.2, 0) is 20.4 Å². The van der Waals surface area contributed by atoms with Crippen molar-refractivity contribution in [3.8, 4) is 17.5 Å². The number of aromatic nitrogens is 2. The summed E-state index contributed by atoms with van der Waals surface area (Å²) in [5, 5.41) is 9.47. The highest BCUT2D eigenvalue weighted by atomic mass is 32.2. The zero-order valence-corrected chi connectivity index (χ0v) is 20.6.